The standard InChI is InChI=1S/C11H11N3O2S2/c12-11(17)13-14-18(15,16)10-7-3-5-8-4-1-2-6-9(8)10/h1-7,14H,(H3,12,13,17). The molecule has 0 fully saturated rings. The van der Waals surface area contributed by atoms with Crippen LogP contribution in [0.4, 0.5) is 0 Å². The lowest BCUT2D eigenvalue weighted by molar-refractivity contribution is 0.578. The van der Waals surface area contributed by atoms with Gasteiger partial charge in [-0.05, 0) is 23.7 Å². The third kappa shape index (κ3) is 2.58. The van der Waals surface area contributed by atoms with Crippen LogP contribution >= 0.6 is 12.2 Å². The predicted octanol–water partition coefficient (Wildman–Crippen LogP) is 0.866. The summed E-state index contributed by atoms with van der Waals surface area (Å²) in [6, 6.07) is 12.3. The number of hydrogen-bond donors (Lipinski definition) is 3. The topological polar surface area (TPSA) is 84.2 Å². The first kappa shape index (κ1) is 12.7. The van der Waals surface area contributed by atoms with Crippen molar-refractivity contribution in [3.8, 4) is 0 Å². The average molecular weight is 281 g/mol. The highest BCUT2D eigenvalue weighted by molar-refractivity contribution is 7.89. The Bertz CT molecular complexity index is 693. The van der Waals surface area contributed by atoms with E-state index in [4.69, 9.17) is 5.73 Å². The molecule has 0 bridgehead atoms. The van der Waals surface area contributed by atoms with E-state index in [1.807, 2.05) is 18.2 Å². The van der Waals surface area contributed by atoms with E-state index < -0.39 is 10.0 Å². The fourth-order valence-electron chi connectivity index (χ4n) is 1.60. The van der Waals surface area contributed by atoms with Crippen LogP contribution in [-0.2, 0) is 10.0 Å². The summed E-state index contributed by atoms with van der Waals surface area (Å²) >= 11 is 4.55. The van der Waals surface area contributed by atoms with E-state index in [2.05, 4.69) is 22.5 Å². The first-order valence-corrected chi connectivity index (χ1v) is 6.95. The van der Waals surface area contributed by atoms with Gasteiger partial charge in [-0.25, -0.2) is 8.42 Å². The Kier molecular flexibility index (Phi) is 3.46. The Balaban J connectivity index is 2.50. The normalized spacial score (nSPS) is 11.3. The van der Waals surface area contributed by atoms with Crippen LogP contribution in [0.3, 0.4) is 0 Å². The fourth-order valence-corrected chi connectivity index (χ4v) is 2.81. The molecular weight excluding hydrogens is 270 g/mol. The third-order valence-electron chi connectivity index (χ3n) is 2.35. The zero-order valence-electron chi connectivity index (χ0n) is 9.25. The number of sulfonamides is 1. The molecule has 0 aliphatic rings. The molecule has 2 aromatic carbocycles. The van der Waals surface area contributed by atoms with Gasteiger partial charge in [-0.3, -0.25) is 5.43 Å². The highest BCUT2D eigenvalue weighted by Crippen LogP contribution is 2.22. The van der Waals surface area contributed by atoms with E-state index in [9.17, 15) is 8.42 Å². The van der Waals surface area contributed by atoms with Crippen LogP contribution in [-0.4, -0.2) is 13.5 Å². The van der Waals surface area contributed by atoms with Gasteiger partial charge in [0.25, 0.3) is 10.0 Å². The first-order valence-electron chi connectivity index (χ1n) is 5.06. The van der Waals surface area contributed by atoms with Gasteiger partial charge in [0.1, 0.15) is 0 Å². The minimum atomic E-state index is -3.71. The molecule has 7 heteroatoms. The number of fused-ring (bicyclic) bond motifs is 1. The molecule has 0 saturated heterocycles. The van der Waals surface area contributed by atoms with Crippen LogP contribution in [0.5, 0.6) is 0 Å². The Labute approximate surface area is 110 Å². The SMILES string of the molecule is NC(=S)NNS(=O)(=O)c1cccc2ccccc12. The maximum absolute atomic E-state index is 12.1. The van der Waals surface area contributed by atoms with Crippen molar-refractivity contribution in [1.82, 2.24) is 10.3 Å². The molecule has 5 nitrogen and oxygen atoms in total. The lowest BCUT2D eigenvalue weighted by Crippen LogP contribution is -2.44. The lowest BCUT2D eigenvalue weighted by Gasteiger charge is -2.10. The number of thiocarbonyl (C=S) groups is 1. The quantitative estimate of drug-likeness (QED) is 0.574. The maximum atomic E-state index is 12.1. The fraction of sp³-hybridized carbons (Fsp3) is 0. The van der Waals surface area contributed by atoms with E-state index in [0.717, 1.165) is 5.39 Å². The molecule has 4 N–H and O–H groups in total. The molecular formula is C11H11N3O2S2. The molecule has 2 rings (SSSR count). The molecule has 0 aliphatic heterocycles. The van der Waals surface area contributed by atoms with Crippen LogP contribution < -0.4 is 16.0 Å². The van der Waals surface area contributed by atoms with Crippen LogP contribution in [0.1, 0.15) is 0 Å². The molecule has 94 valence electrons. The zero-order valence-corrected chi connectivity index (χ0v) is 10.9. The molecule has 0 heterocycles. The lowest BCUT2D eigenvalue weighted by atomic mass is 10.1. The van der Waals surface area contributed by atoms with Gasteiger partial charge in [-0.2, -0.15) is 0 Å². The summed E-state index contributed by atoms with van der Waals surface area (Å²) in [5, 5.41) is 1.34. The van der Waals surface area contributed by atoms with E-state index in [-0.39, 0.29) is 10.0 Å². The Morgan fingerprint density at radius 3 is 2.50 bits per heavy atom. The molecule has 0 aliphatic carbocycles. The number of nitrogens with one attached hydrogen (secondary N) is 2. The van der Waals surface area contributed by atoms with Crippen molar-refractivity contribution in [3.63, 3.8) is 0 Å². The number of benzene rings is 2. The van der Waals surface area contributed by atoms with Gasteiger partial charge in [-0.15, -0.1) is 4.83 Å². The summed E-state index contributed by atoms with van der Waals surface area (Å²) in [7, 11) is -3.71. The summed E-state index contributed by atoms with van der Waals surface area (Å²) < 4.78 is 24.1. The van der Waals surface area contributed by atoms with E-state index >= 15 is 0 Å². The van der Waals surface area contributed by atoms with E-state index in [1.54, 1.807) is 18.2 Å². The Morgan fingerprint density at radius 2 is 1.78 bits per heavy atom. The second-order valence-electron chi connectivity index (χ2n) is 3.57. The number of hydrogen-bond acceptors (Lipinski definition) is 3. The Hall–Kier alpha value is -1.70. The molecule has 0 unspecified atom stereocenters. The van der Waals surface area contributed by atoms with Gasteiger partial charge >= 0.3 is 0 Å². The second-order valence-corrected chi connectivity index (χ2v) is 5.66. The smallest absolute Gasteiger partial charge is 0.257 e. The molecule has 0 aromatic heterocycles. The van der Waals surface area contributed by atoms with Crippen molar-refractivity contribution in [2.45, 2.75) is 4.90 Å². The minimum absolute atomic E-state index is 0.140. The predicted molar refractivity (Wildman–Crippen MR) is 74.2 cm³/mol. The molecule has 2 aromatic rings. The van der Waals surface area contributed by atoms with Crippen molar-refractivity contribution in [1.29, 1.82) is 0 Å². The highest BCUT2D eigenvalue weighted by atomic mass is 32.2. The van der Waals surface area contributed by atoms with Crippen molar-refractivity contribution in [2.75, 3.05) is 0 Å². The maximum Gasteiger partial charge on any atom is 0.257 e. The average Bonchev–Trinajstić information content (AvgIpc) is 2.36. The third-order valence-corrected chi connectivity index (χ3v) is 3.76. The number of nitrogens with two attached hydrogens (primary N) is 1. The van der Waals surface area contributed by atoms with Gasteiger partial charge < -0.3 is 5.73 Å². The minimum Gasteiger partial charge on any atom is -0.375 e. The van der Waals surface area contributed by atoms with Crippen molar-refractivity contribution >= 4 is 38.1 Å². The number of rotatable bonds is 3. The van der Waals surface area contributed by atoms with E-state index in [0.29, 0.717) is 5.39 Å². The summed E-state index contributed by atoms with van der Waals surface area (Å²) in [5.74, 6) is 0. The van der Waals surface area contributed by atoms with Gasteiger partial charge in [-0.1, -0.05) is 36.4 Å². The molecule has 0 atom stereocenters. The summed E-state index contributed by atoms with van der Waals surface area (Å²) in [5.41, 5.74) is 7.40. The Morgan fingerprint density at radius 1 is 1.11 bits per heavy atom. The monoisotopic (exact) mass is 281 g/mol. The van der Waals surface area contributed by atoms with Crippen LogP contribution in [0.2, 0.25) is 0 Å². The van der Waals surface area contributed by atoms with E-state index in [1.165, 1.54) is 6.07 Å². The van der Waals surface area contributed by atoms with Crippen LogP contribution in [0, 0.1) is 0 Å². The van der Waals surface area contributed by atoms with Crippen molar-refractivity contribution in [3.05, 3.63) is 42.5 Å². The highest BCUT2D eigenvalue weighted by Gasteiger charge is 2.16. The van der Waals surface area contributed by atoms with Crippen molar-refractivity contribution in [2.24, 2.45) is 5.73 Å². The zero-order chi connectivity index (χ0) is 13.2. The summed E-state index contributed by atoms with van der Waals surface area (Å²) in [4.78, 5) is 2.29. The molecule has 0 saturated carbocycles. The van der Waals surface area contributed by atoms with Crippen LogP contribution in [0.25, 0.3) is 10.8 Å². The van der Waals surface area contributed by atoms with Crippen molar-refractivity contribution < 1.29 is 8.42 Å². The number of hydrazine groups is 1. The first-order chi connectivity index (χ1) is 8.50. The van der Waals surface area contributed by atoms with Gasteiger partial charge in [0.2, 0.25) is 0 Å². The second kappa shape index (κ2) is 4.89. The summed E-state index contributed by atoms with van der Waals surface area (Å²) in [6.45, 7) is 0. The largest absolute Gasteiger partial charge is 0.375 e. The molecule has 0 spiro atoms. The van der Waals surface area contributed by atoms with Gasteiger partial charge in [0, 0.05) is 5.39 Å². The molecule has 18 heavy (non-hydrogen) atoms. The van der Waals surface area contributed by atoms with Gasteiger partial charge in [0.05, 0.1) is 4.90 Å². The molecule has 0 amide bonds. The molecule has 0 radical (unpaired) electrons. The van der Waals surface area contributed by atoms with Crippen LogP contribution in [0.15, 0.2) is 47.4 Å². The summed E-state index contributed by atoms with van der Waals surface area (Å²) in [6.07, 6.45) is 0. The van der Waals surface area contributed by atoms with Gasteiger partial charge in [0.15, 0.2) is 5.11 Å².